The van der Waals surface area contributed by atoms with Crippen LogP contribution in [0.5, 0.6) is 0 Å². The Morgan fingerprint density at radius 3 is 1.20 bits per heavy atom. The molecule has 0 aliphatic heterocycles. The maximum atomic E-state index is 11.8. The summed E-state index contributed by atoms with van der Waals surface area (Å²) in [7, 11) is 0. The van der Waals surface area contributed by atoms with E-state index in [2.05, 4.69) is 17.2 Å². The standard InChI is InChI=1S/C18H18O4.C18H18O3.C16H14O3.C8H9N3.3C2H6.3CH4/c1-2-16(17(19)20)14-10-8-13(9-11-14)12-22-18(21)15-6-4-3-5-7-15;1-2-15(12-19)16-10-8-14(9-11-16)13-21-18(20)17-6-4-3-5-7-17;17-11-10-13-6-8-14(9-7-13)12-19-16(18)15-4-2-1-3-5-15;1-2-11-8-6-4-3-5-7(8)9-10-11;3*1-2;;;/h3-11,16H,2,12H2,1H3,(H,19,20);3-12,15H,2,13H2,1H3;1-9,11H,10,12H2;3-6H,2H2,1H3;3*1-2H3;3*1H4/t16-;15-;;;;;;;;/m10......../s1/i;12T;11T;;;;;;;. The molecular formula is C69H89N3O10. The van der Waals surface area contributed by atoms with E-state index in [1.807, 2.05) is 127 Å². The molecule has 0 aliphatic carbocycles. The van der Waals surface area contributed by atoms with E-state index < -0.39 is 24.4 Å². The second kappa shape index (κ2) is 45.0. The zero-order valence-electron chi connectivity index (χ0n) is 49.0. The molecule has 1 N–H and O–H groups in total. The number of benzene rings is 7. The first-order chi connectivity index (χ1) is 39.3. The van der Waals surface area contributed by atoms with E-state index in [0.29, 0.717) is 29.5 Å². The smallest absolute Gasteiger partial charge is 0.338 e. The lowest BCUT2D eigenvalue weighted by Gasteiger charge is -2.11. The molecule has 0 spiro atoms. The Kier molecular flexibility index (Phi) is 39.0. The van der Waals surface area contributed by atoms with Crippen molar-refractivity contribution in [2.75, 3.05) is 0 Å². The molecule has 82 heavy (non-hydrogen) atoms. The predicted molar refractivity (Wildman–Crippen MR) is 333 cm³/mol. The number of aromatic nitrogens is 3. The Labute approximate surface area is 491 Å². The number of aliphatic carboxylic acids is 1. The number of aldehydes is 2. The molecule has 0 unspecified atom stereocenters. The first-order valence-corrected chi connectivity index (χ1v) is 26.7. The molecular weight excluding hydrogens is 1030 g/mol. The second-order valence-corrected chi connectivity index (χ2v) is 16.2. The molecule has 0 radical (unpaired) electrons. The van der Waals surface area contributed by atoms with E-state index in [0.717, 1.165) is 51.0 Å². The van der Waals surface area contributed by atoms with Crippen molar-refractivity contribution in [1.29, 1.82) is 0 Å². The maximum absolute atomic E-state index is 11.8. The van der Waals surface area contributed by atoms with Gasteiger partial charge in [-0.05, 0) is 102 Å². The van der Waals surface area contributed by atoms with Gasteiger partial charge in [0.1, 0.15) is 40.6 Å². The van der Waals surface area contributed by atoms with Crippen molar-refractivity contribution in [3.8, 4) is 0 Å². The fourth-order valence-electron chi connectivity index (χ4n) is 7.04. The van der Waals surface area contributed by atoms with Crippen LogP contribution in [0.15, 0.2) is 188 Å². The number of hydrogen-bond donors (Lipinski definition) is 1. The van der Waals surface area contributed by atoms with Crippen LogP contribution < -0.4 is 0 Å². The highest BCUT2D eigenvalue weighted by atomic mass is 16.5. The van der Waals surface area contributed by atoms with Gasteiger partial charge in [0.15, 0.2) is 0 Å². The summed E-state index contributed by atoms with van der Waals surface area (Å²) in [5.41, 5.74) is 8.50. The third kappa shape index (κ3) is 26.4. The summed E-state index contributed by atoms with van der Waals surface area (Å²) in [6, 6.07) is 55.9. The minimum atomic E-state index is -0.828. The Morgan fingerprint density at radius 2 is 0.854 bits per heavy atom. The highest BCUT2D eigenvalue weighted by molar-refractivity contribution is 5.90. The van der Waals surface area contributed by atoms with Crippen LogP contribution in [0.3, 0.4) is 0 Å². The number of fused-ring (bicyclic) bond motifs is 1. The molecule has 0 amide bonds. The number of carbonyl (C=O) groups excluding carboxylic acids is 5. The highest BCUT2D eigenvalue weighted by Gasteiger charge is 2.17. The molecule has 440 valence electrons. The number of carbonyl (C=O) groups is 6. The minimum absolute atomic E-state index is 0. The van der Waals surface area contributed by atoms with Crippen molar-refractivity contribution >= 4 is 47.4 Å². The van der Waals surface area contributed by atoms with Crippen molar-refractivity contribution in [3.05, 3.63) is 238 Å². The van der Waals surface area contributed by atoms with Crippen LogP contribution in [0.1, 0.15) is 176 Å². The lowest BCUT2D eigenvalue weighted by atomic mass is 9.96. The fraction of sp³-hybridized carbons (Fsp3) is 0.304. The van der Waals surface area contributed by atoms with Gasteiger partial charge in [0.25, 0.3) is 0 Å². The number of nitrogens with zero attached hydrogens (tertiary/aromatic N) is 3. The lowest BCUT2D eigenvalue weighted by Crippen LogP contribution is -2.10. The van der Waals surface area contributed by atoms with Gasteiger partial charge in [0.05, 0.1) is 28.1 Å². The number of para-hydroxylation sites is 1. The fourth-order valence-corrected chi connectivity index (χ4v) is 7.04. The van der Waals surface area contributed by atoms with Gasteiger partial charge in [-0.15, -0.1) is 5.10 Å². The van der Waals surface area contributed by atoms with Gasteiger partial charge in [0, 0.05) is 18.9 Å². The zero-order valence-corrected chi connectivity index (χ0v) is 47.0. The number of rotatable bonds is 18. The number of esters is 3. The van der Waals surface area contributed by atoms with Crippen molar-refractivity contribution in [3.63, 3.8) is 0 Å². The van der Waals surface area contributed by atoms with Crippen LogP contribution in [-0.2, 0) is 61.4 Å². The first kappa shape index (κ1) is 71.2. The van der Waals surface area contributed by atoms with Crippen molar-refractivity contribution < 1.29 is 50.8 Å². The number of carboxylic acids is 1. The quantitative estimate of drug-likeness (QED) is 0.0488. The molecule has 0 bridgehead atoms. The average Bonchev–Trinajstić information content (AvgIpc) is 4.12. The largest absolute Gasteiger partial charge is 0.481 e. The molecule has 8 rings (SSSR count). The van der Waals surface area contributed by atoms with E-state index >= 15 is 0 Å². The van der Waals surface area contributed by atoms with Crippen molar-refractivity contribution in [2.45, 2.75) is 142 Å². The summed E-state index contributed by atoms with van der Waals surface area (Å²) in [5.74, 6) is -2.82. The van der Waals surface area contributed by atoms with Crippen LogP contribution in [0.2, 0.25) is 0 Å². The molecule has 0 fully saturated rings. The van der Waals surface area contributed by atoms with Crippen LogP contribution in [-0.4, -0.2) is 56.5 Å². The summed E-state index contributed by atoms with van der Waals surface area (Å²) in [5, 5.41) is 17.1. The second-order valence-electron chi connectivity index (χ2n) is 16.2. The van der Waals surface area contributed by atoms with Gasteiger partial charge in [-0.2, -0.15) is 0 Å². The van der Waals surface area contributed by atoms with Crippen LogP contribution in [0.25, 0.3) is 11.0 Å². The number of hydrogen-bond acceptors (Lipinski definition) is 11. The van der Waals surface area contributed by atoms with E-state index in [1.165, 1.54) is 0 Å². The normalized spacial score (nSPS) is 10.4. The van der Waals surface area contributed by atoms with Crippen LogP contribution >= 0.6 is 0 Å². The Morgan fingerprint density at radius 1 is 0.500 bits per heavy atom. The van der Waals surface area contributed by atoms with Gasteiger partial charge in [-0.25, -0.2) is 19.1 Å². The number of carboxylic acid groups (broad SMARTS) is 1. The zero-order chi connectivity index (χ0) is 60.0. The Balaban J connectivity index is 0. The summed E-state index contributed by atoms with van der Waals surface area (Å²) in [6.45, 7) is 19.2. The topological polar surface area (TPSA) is 181 Å². The van der Waals surface area contributed by atoms with Crippen molar-refractivity contribution in [1.82, 2.24) is 15.0 Å². The van der Waals surface area contributed by atoms with Crippen LogP contribution in [0, 0.1) is 0 Å². The number of ether oxygens (including phenoxy) is 3. The van der Waals surface area contributed by atoms with Crippen molar-refractivity contribution in [2.24, 2.45) is 0 Å². The average molecular weight is 1120 g/mol. The molecule has 0 aliphatic rings. The van der Waals surface area contributed by atoms with E-state index in [1.54, 1.807) is 121 Å². The molecule has 0 saturated heterocycles. The Bertz CT molecular complexity index is 2950. The monoisotopic (exact) mass is 1120 g/mol. The van der Waals surface area contributed by atoms with Gasteiger partial charge < -0.3 is 28.9 Å². The first-order valence-electron chi connectivity index (χ1n) is 27.7. The molecule has 0 saturated carbocycles. The van der Waals surface area contributed by atoms with E-state index in [4.69, 9.17) is 22.1 Å². The molecule has 1 heterocycles. The van der Waals surface area contributed by atoms with Gasteiger partial charge in [0.2, 0.25) is 0 Å². The lowest BCUT2D eigenvalue weighted by molar-refractivity contribution is -0.138. The third-order valence-electron chi connectivity index (χ3n) is 11.2. The highest BCUT2D eigenvalue weighted by Crippen LogP contribution is 2.21. The number of aryl methyl sites for hydroxylation is 1. The minimum Gasteiger partial charge on any atom is -0.481 e. The van der Waals surface area contributed by atoms with E-state index in [9.17, 15) is 28.8 Å². The SMILES string of the molecule is C.C.C.CC.CC.CC.CC[C@@H](C(=O)O)c1ccc(COC(=O)c2ccccc2)cc1.CCn1nnc2ccccc21.[3H]C(=O)Cc1ccc(COC(=O)c2ccccc2)cc1.[3H]C(=O)[C@H](CC)c1ccc(COC(=O)c2ccccc2)cc1. The molecule has 13 nitrogen and oxygen atoms in total. The Hall–Kier alpha value is -8.84. The molecule has 8 aromatic rings. The third-order valence-corrected chi connectivity index (χ3v) is 11.2. The maximum Gasteiger partial charge on any atom is 0.338 e. The van der Waals surface area contributed by atoms with E-state index in [-0.39, 0.29) is 72.3 Å². The summed E-state index contributed by atoms with van der Waals surface area (Å²) < 4.78 is 31.7. The summed E-state index contributed by atoms with van der Waals surface area (Å²) in [4.78, 5) is 68.4. The predicted octanol–water partition coefficient (Wildman–Crippen LogP) is 16.6. The van der Waals surface area contributed by atoms with Crippen LogP contribution in [0.4, 0.5) is 0 Å². The van der Waals surface area contributed by atoms with Gasteiger partial charge in [-0.3, -0.25) is 4.79 Å². The summed E-state index contributed by atoms with van der Waals surface area (Å²) in [6.07, 6.45) is 0.0471. The van der Waals surface area contributed by atoms with Gasteiger partial charge >= 0.3 is 23.9 Å². The van der Waals surface area contributed by atoms with Gasteiger partial charge in [-0.1, -0.05) is 222 Å². The molecule has 2 atom stereocenters. The molecule has 1 aromatic heterocycles. The summed E-state index contributed by atoms with van der Waals surface area (Å²) >= 11 is 0. The molecule has 13 heteroatoms. The molecule has 7 aromatic carbocycles.